The molecule has 0 atom stereocenters. The van der Waals surface area contributed by atoms with Gasteiger partial charge in [-0.1, -0.05) is 24.3 Å². The molecule has 0 radical (unpaired) electrons. The molecule has 5 heteroatoms. The topological polar surface area (TPSA) is 43.4 Å². The first-order valence-corrected chi connectivity index (χ1v) is 4.47. The second-order valence-electron chi connectivity index (χ2n) is 3.20. The van der Waals surface area contributed by atoms with Crippen LogP contribution in [0.25, 0.3) is 0 Å². The van der Waals surface area contributed by atoms with Crippen molar-refractivity contribution in [1.29, 1.82) is 0 Å². The minimum Gasteiger partial charge on any atom is -0.464 e. The lowest BCUT2D eigenvalue weighted by molar-refractivity contribution is -0.170. The molecule has 0 unspecified atom stereocenters. The average molecular weight is 228 g/mol. The molecule has 0 heterocycles. The molecule has 16 heavy (non-hydrogen) atoms. The molecule has 0 spiro atoms. The Morgan fingerprint density at radius 3 is 2.06 bits per heavy atom. The number of rotatable bonds is 3. The average Bonchev–Trinajstić information content (AvgIpc) is 2.28. The molecule has 0 saturated carbocycles. The SMILES string of the molecule is COC(=O)C(F)(F)c1ccc(C(C)=O)cc1. The van der Waals surface area contributed by atoms with Crippen molar-refractivity contribution in [3.8, 4) is 0 Å². The van der Waals surface area contributed by atoms with Crippen molar-refractivity contribution in [2.45, 2.75) is 12.8 Å². The number of ketones is 1. The lowest BCUT2D eigenvalue weighted by Gasteiger charge is -2.13. The molecule has 86 valence electrons. The van der Waals surface area contributed by atoms with E-state index in [0.29, 0.717) is 5.56 Å². The molecule has 1 rings (SSSR count). The third kappa shape index (κ3) is 2.24. The van der Waals surface area contributed by atoms with E-state index in [1.165, 1.54) is 19.1 Å². The quantitative estimate of drug-likeness (QED) is 0.588. The minimum atomic E-state index is -3.69. The third-order valence-electron chi connectivity index (χ3n) is 2.10. The van der Waals surface area contributed by atoms with E-state index < -0.39 is 17.5 Å². The predicted octanol–water partition coefficient (Wildman–Crippen LogP) is 2.15. The zero-order valence-corrected chi connectivity index (χ0v) is 8.79. The summed E-state index contributed by atoms with van der Waals surface area (Å²) in [5.41, 5.74) is -0.186. The number of benzene rings is 1. The summed E-state index contributed by atoms with van der Waals surface area (Å²) in [4.78, 5) is 21.7. The number of methoxy groups -OCH3 is 1. The highest BCUT2D eigenvalue weighted by Crippen LogP contribution is 2.29. The molecule has 0 saturated heterocycles. The van der Waals surface area contributed by atoms with Gasteiger partial charge in [0.15, 0.2) is 5.78 Å². The van der Waals surface area contributed by atoms with Crippen LogP contribution in [0, 0.1) is 0 Å². The van der Waals surface area contributed by atoms with E-state index in [1.807, 2.05) is 0 Å². The van der Waals surface area contributed by atoms with Gasteiger partial charge in [0, 0.05) is 11.1 Å². The molecule has 0 bridgehead atoms. The van der Waals surface area contributed by atoms with Crippen LogP contribution in [-0.4, -0.2) is 18.9 Å². The lowest BCUT2D eigenvalue weighted by atomic mass is 10.0. The zero-order chi connectivity index (χ0) is 12.3. The summed E-state index contributed by atoms with van der Waals surface area (Å²) in [6, 6.07) is 4.56. The van der Waals surface area contributed by atoms with E-state index in [0.717, 1.165) is 19.2 Å². The van der Waals surface area contributed by atoms with Gasteiger partial charge in [-0.05, 0) is 6.92 Å². The van der Waals surface area contributed by atoms with Crippen LogP contribution in [-0.2, 0) is 15.5 Å². The predicted molar refractivity (Wildman–Crippen MR) is 52.4 cm³/mol. The number of halogens is 2. The third-order valence-corrected chi connectivity index (χ3v) is 2.10. The van der Waals surface area contributed by atoms with Gasteiger partial charge in [-0.15, -0.1) is 0 Å². The maximum Gasteiger partial charge on any atom is 0.381 e. The smallest absolute Gasteiger partial charge is 0.381 e. The van der Waals surface area contributed by atoms with Crippen molar-refractivity contribution in [2.75, 3.05) is 7.11 Å². The van der Waals surface area contributed by atoms with Crippen molar-refractivity contribution >= 4 is 11.8 Å². The molecular formula is C11H10F2O3. The van der Waals surface area contributed by atoms with Gasteiger partial charge in [-0.25, -0.2) is 4.79 Å². The summed E-state index contributed by atoms with van der Waals surface area (Å²) >= 11 is 0. The second-order valence-corrected chi connectivity index (χ2v) is 3.20. The van der Waals surface area contributed by atoms with Crippen LogP contribution in [0.5, 0.6) is 0 Å². The number of alkyl halides is 2. The van der Waals surface area contributed by atoms with Crippen LogP contribution in [0.1, 0.15) is 22.8 Å². The molecule has 1 aromatic carbocycles. The normalized spacial score (nSPS) is 11.0. The standard InChI is InChI=1S/C11H10F2O3/c1-7(14)8-3-5-9(6-4-8)11(12,13)10(15)16-2/h3-6H,1-2H3. The fourth-order valence-electron chi connectivity index (χ4n) is 1.16. The summed E-state index contributed by atoms with van der Waals surface area (Å²) in [5, 5.41) is 0. The Hall–Kier alpha value is -1.78. The number of ether oxygens (including phenoxy) is 1. The van der Waals surface area contributed by atoms with Gasteiger partial charge in [0.25, 0.3) is 0 Å². The Bertz CT molecular complexity index is 410. The van der Waals surface area contributed by atoms with Crippen molar-refractivity contribution in [3.05, 3.63) is 35.4 Å². The maximum atomic E-state index is 13.3. The molecule has 0 aromatic heterocycles. The fraction of sp³-hybridized carbons (Fsp3) is 0.273. The van der Waals surface area contributed by atoms with Gasteiger partial charge in [-0.2, -0.15) is 8.78 Å². The zero-order valence-electron chi connectivity index (χ0n) is 8.79. The van der Waals surface area contributed by atoms with Gasteiger partial charge < -0.3 is 4.74 Å². The summed E-state index contributed by atoms with van der Waals surface area (Å²) in [6.07, 6.45) is 0. The molecule has 0 aliphatic carbocycles. The first-order chi connectivity index (χ1) is 7.39. The second kappa shape index (κ2) is 4.38. The van der Waals surface area contributed by atoms with E-state index >= 15 is 0 Å². The fourth-order valence-corrected chi connectivity index (χ4v) is 1.16. The monoisotopic (exact) mass is 228 g/mol. The Balaban J connectivity index is 3.06. The highest BCUT2D eigenvalue weighted by atomic mass is 19.3. The Morgan fingerprint density at radius 1 is 1.19 bits per heavy atom. The van der Waals surface area contributed by atoms with Gasteiger partial charge in [0.1, 0.15) is 0 Å². The van der Waals surface area contributed by atoms with E-state index in [-0.39, 0.29) is 5.78 Å². The van der Waals surface area contributed by atoms with Gasteiger partial charge in [0.05, 0.1) is 7.11 Å². The number of esters is 1. The van der Waals surface area contributed by atoms with Crippen LogP contribution in [0.4, 0.5) is 8.78 Å². The highest BCUT2D eigenvalue weighted by molar-refractivity contribution is 5.94. The number of hydrogen-bond donors (Lipinski definition) is 0. The first kappa shape index (κ1) is 12.3. The van der Waals surface area contributed by atoms with Crippen LogP contribution in [0.3, 0.4) is 0 Å². The number of hydrogen-bond acceptors (Lipinski definition) is 3. The largest absolute Gasteiger partial charge is 0.464 e. The maximum absolute atomic E-state index is 13.3. The van der Waals surface area contributed by atoms with Crippen LogP contribution in [0.15, 0.2) is 24.3 Å². The summed E-state index contributed by atoms with van der Waals surface area (Å²) < 4.78 is 30.6. The van der Waals surface area contributed by atoms with E-state index in [1.54, 1.807) is 0 Å². The van der Waals surface area contributed by atoms with Crippen molar-refractivity contribution in [1.82, 2.24) is 0 Å². The van der Waals surface area contributed by atoms with E-state index in [4.69, 9.17) is 0 Å². The molecule has 0 N–H and O–H groups in total. The molecule has 0 aliphatic rings. The van der Waals surface area contributed by atoms with Gasteiger partial charge in [0.2, 0.25) is 0 Å². The number of carbonyl (C=O) groups is 2. The van der Waals surface area contributed by atoms with Crippen molar-refractivity contribution in [3.63, 3.8) is 0 Å². The molecule has 0 fully saturated rings. The molecular weight excluding hydrogens is 218 g/mol. The van der Waals surface area contributed by atoms with E-state index in [9.17, 15) is 18.4 Å². The Morgan fingerprint density at radius 2 is 1.69 bits per heavy atom. The summed E-state index contributed by atoms with van der Waals surface area (Å²) in [7, 11) is 0.889. The molecule has 1 aromatic rings. The Kier molecular flexibility index (Phi) is 3.37. The molecule has 0 aliphatic heterocycles. The van der Waals surface area contributed by atoms with Crippen LogP contribution < -0.4 is 0 Å². The molecule has 0 amide bonds. The minimum absolute atomic E-state index is 0.229. The highest BCUT2D eigenvalue weighted by Gasteiger charge is 2.42. The summed E-state index contributed by atoms with van der Waals surface area (Å²) in [5.74, 6) is -5.54. The van der Waals surface area contributed by atoms with Crippen molar-refractivity contribution < 1.29 is 23.1 Å². The first-order valence-electron chi connectivity index (χ1n) is 4.47. The lowest BCUT2D eigenvalue weighted by Crippen LogP contribution is -2.27. The Labute approximate surface area is 91.0 Å². The van der Waals surface area contributed by atoms with Crippen molar-refractivity contribution in [2.24, 2.45) is 0 Å². The van der Waals surface area contributed by atoms with Gasteiger partial charge in [-0.3, -0.25) is 4.79 Å². The summed E-state index contributed by atoms with van der Waals surface area (Å²) in [6.45, 7) is 1.33. The molecule has 3 nitrogen and oxygen atoms in total. The number of Topliss-reactive ketones (excluding diaryl/α,β-unsaturated/α-hetero) is 1. The van der Waals surface area contributed by atoms with Crippen LogP contribution >= 0.6 is 0 Å². The van der Waals surface area contributed by atoms with Crippen LogP contribution in [0.2, 0.25) is 0 Å². The van der Waals surface area contributed by atoms with E-state index in [2.05, 4.69) is 4.74 Å². The number of carbonyl (C=O) groups excluding carboxylic acids is 2. The van der Waals surface area contributed by atoms with Gasteiger partial charge >= 0.3 is 11.9 Å².